The molecule has 2 aromatic heterocycles. The zero-order valence-electron chi connectivity index (χ0n) is 53.2. The topological polar surface area (TPSA) is 212 Å². The minimum atomic E-state index is -0.452. The number of aromatic nitrogens is 2. The SMILES string of the molecule is C[C@@H]1CN(CC(=O)N2CC(C)(C)c3[nH]c(=O)c(Cc4ccc(F)cc4)cc32)C(CN2CCN(C(=O)COCCOCCOCC(=O)N3CCN(C[C@H]4CN[C@H](C)CN4CC(=O)N4CC(C)(C)c5[nH]c(=O)c(Cc6ccc(F)cc6)cc54)[C@H](C)C3)C[C@H]2C)CN1. The molecule has 89 heavy (non-hydrogen) atoms. The molecule has 6 atom stereocenters. The average Bonchev–Trinajstić information content (AvgIpc) is 1.65. The summed E-state index contributed by atoms with van der Waals surface area (Å²) in [4.78, 5) is 105. The summed E-state index contributed by atoms with van der Waals surface area (Å²) in [5.74, 6) is -0.896. The van der Waals surface area contributed by atoms with E-state index in [0.29, 0.717) is 101 Å². The number of nitrogens with one attached hydrogen (secondary N) is 4. The Kier molecular flexibility index (Phi) is 21.0. The van der Waals surface area contributed by atoms with E-state index >= 15 is 0 Å². The standard InChI is InChI=1S/C66H92F2N12O9/c1-43-31-77(37-57(81)79-41-65(5,6)61-55(79)27-49(63(85)71-61)25-47-9-13-51(67)14-10-47)53(29-69-43)35-73-17-19-75(33-45(73)3)59(83)39-88-23-21-87-22-24-89-40-60(84)76-20-18-74(46(4)34-76)36-54-30-70-44(2)32-78(54)38-58(82)80-42-66(7,8)62-56(80)28-50(64(86)72-62)26-48-11-15-52(68)16-12-48/h9-16,27-28,43-46,53-54,69-70H,17-26,29-42H2,1-8H3,(H,71,85)(H,72,86)/t43-,44-,45-,46-,53-,54?/m1/s1. The normalized spacial score (nSPS) is 24.1. The van der Waals surface area contributed by atoms with Crippen molar-refractivity contribution in [1.29, 1.82) is 0 Å². The van der Waals surface area contributed by atoms with E-state index in [1.165, 1.54) is 24.3 Å². The number of fused-ring (bicyclic) bond motifs is 2. The molecule has 484 valence electrons. The molecule has 0 spiro atoms. The molecule has 2 aromatic carbocycles. The second kappa shape index (κ2) is 28.5. The number of carbonyl (C=O) groups is 4. The molecule has 10 rings (SSSR count). The van der Waals surface area contributed by atoms with Crippen LogP contribution in [0.3, 0.4) is 0 Å². The molecule has 0 saturated carbocycles. The average molecular weight is 1240 g/mol. The highest BCUT2D eigenvalue weighted by atomic mass is 19.1. The van der Waals surface area contributed by atoms with Crippen LogP contribution < -0.4 is 31.6 Å². The summed E-state index contributed by atoms with van der Waals surface area (Å²) in [6, 6.07) is 16.6. The van der Waals surface area contributed by atoms with Gasteiger partial charge in [0.1, 0.15) is 24.8 Å². The van der Waals surface area contributed by atoms with E-state index in [2.05, 4.69) is 67.9 Å². The van der Waals surface area contributed by atoms with Crippen LogP contribution in [-0.2, 0) is 57.1 Å². The van der Waals surface area contributed by atoms with Gasteiger partial charge >= 0.3 is 0 Å². The van der Waals surface area contributed by atoms with Crippen LogP contribution in [0.15, 0.2) is 70.3 Å². The van der Waals surface area contributed by atoms with E-state index < -0.39 is 10.8 Å². The fourth-order valence-corrected chi connectivity index (χ4v) is 13.7. The molecular weight excluding hydrogens is 1140 g/mol. The summed E-state index contributed by atoms with van der Waals surface area (Å²) in [5, 5.41) is 7.22. The zero-order chi connectivity index (χ0) is 63.3. The number of anilines is 2. The summed E-state index contributed by atoms with van der Waals surface area (Å²) in [6.07, 6.45) is 0.637. The van der Waals surface area contributed by atoms with Gasteiger partial charge in [-0.1, -0.05) is 52.0 Å². The molecule has 4 N–H and O–H groups in total. The van der Waals surface area contributed by atoms with Crippen molar-refractivity contribution >= 4 is 35.0 Å². The number of piperazine rings is 4. The Balaban J connectivity index is 0.601. The highest BCUT2D eigenvalue weighted by Gasteiger charge is 2.44. The van der Waals surface area contributed by atoms with E-state index in [-0.39, 0.29) is 135 Å². The number of pyridine rings is 2. The van der Waals surface area contributed by atoms with Gasteiger partial charge in [0, 0.05) is 174 Å². The first-order valence-corrected chi connectivity index (χ1v) is 31.8. The third-order valence-corrected chi connectivity index (χ3v) is 18.9. The molecule has 0 bridgehead atoms. The Morgan fingerprint density at radius 2 is 0.899 bits per heavy atom. The first kappa shape index (κ1) is 65.7. The first-order valence-electron chi connectivity index (χ1n) is 31.8. The Bertz CT molecular complexity index is 3060. The van der Waals surface area contributed by atoms with Crippen molar-refractivity contribution in [2.75, 3.05) is 154 Å². The van der Waals surface area contributed by atoms with Crippen LogP contribution in [0, 0.1) is 11.6 Å². The number of H-pyrrole nitrogens is 2. The molecule has 1 unspecified atom stereocenters. The lowest BCUT2D eigenvalue weighted by atomic mass is 9.91. The smallest absolute Gasteiger partial charge is 0.251 e. The number of amides is 4. The fraction of sp³-hybridized carbons (Fsp3) is 0.606. The molecule has 8 heterocycles. The largest absolute Gasteiger partial charge is 0.377 e. The fourth-order valence-electron chi connectivity index (χ4n) is 13.7. The van der Waals surface area contributed by atoms with Crippen LogP contribution in [0.4, 0.5) is 20.2 Å². The highest BCUT2D eigenvalue weighted by molar-refractivity contribution is 5.98. The van der Waals surface area contributed by atoms with Crippen LogP contribution in [-0.4, -0.2) is 244 Å². The van der Waals surface area contributed by atoms with Gasteiger partial charge in [-0.15, -0.1) is 0 Å². The predicted octanol–water partition coefficient (Wildman–Crippen LogP) is 2.91. The number of halogens is 2. The van der Waals surface area contributed by atoms with Gasteiger partial charge in [-0.2, -0.15) is 0 Å². The molecule has 23 heteroatoms. The summed E-state index contributed by atoms with van der Waals surface area (Å²) >= 11 is 0. The Labute approximate surface area is 521 Å². The van der Waals surface area contributed by atoms with Crippen molar-refractivity contribution in [1.82, 2.24) is 50.0 Å². The van der Waals surface area contributed by atoms with Gasteiger partial charge < -0.3 is 54.4 Å². The molecule has 21 nitrogen and oxygen atoms in total. The summed E-state index contributed by atoms with van der Waals surface area (Å²) in [7, 11) is 0. The molecular formula is C66H92F2N12O9. The van der Waals surface area contributed by atoms with E-state index in [9.17, 15) is 37.5 Å². The number of aromatic amines is 2. The Morgan fingerprint density at radius 3 is 1.28 bits per heavy atom. The van der Waals surface area contributed by atoms with Crippen molar-refractivity contribution < 1.29 is 42.2 Å². The summed E-state index contributed by atoms with van der Waals surface area (Å²) in [5.41, 5.74) is 4.25. The minimum Gasteiger partial charge on any atom is -0.377 e. The lowest BCUT2D eigenvalue weighted by molar-refractivity contribution is -0.140. The summed E-state index contributed by atoms with van der Waals surface area (Å²) in [6.45, 7) is 26.8. The van der Waals surface area contributed by atoms with Crippen molar-refractivity contribution in [2.24, 2.45) is 0 Å². The maximum Gasteiger partial charge on any atom is 0.251 e. The number of carbonyl (C=O) groups excluding carboxylic acids is 4. The number of hydrogen-bond donors (Lipinski definition) is 4. The lowest BCUT2D eigenvalue weighted by Crippen LogP contribution is -2.63. The number of ether oxygens (including phenoxy) is 3. The first-order chi connectivity index (χ1) is 42.5. The molecule has 6 aliphatic heterocycles. The van der Waals surface area contributed by atoms with Crippen LogP contribution in [0.2, 0.25) is 0 Å². The van der Waals surface area contributed by atoms with Gasteiger partial charge in [0.2, 0.25) is 23.6 Å². The van der Waals surface area contributed by atoms with Crippen molar-refractivity contribution in [3.05, 3.63) is 127 Å². The highest BCUT2D eigenvalue weighted by Crippen LogP contribution is 2.41. The number of rotatable bonds is 22. The Morgan fingerprint density at radius 1 is 0.517 bits per heavy atom. The lowest BCUT2D eigenvalue weighted by Gasteiger charge is -2.45. The van der Waals surface area contributed by atoms with E-state index in [4.69, 9.17) is 14.2 Å². The quantitative estimate of drug-likeness (QED) is 0.0834. The number of hydrogen-bond acceptors (Lipinski definition) is 15. The predicted molar refractivity (Wildman–Crippen MR) is 337 cm³/mol. The third-order valence-electron chi connectivity index (χ3n) is 18.9. The minimum absolute atomic E-state index is 0.0295. The molecule has 4 fully saturated rings. The number of benzene rings is 2. The van der Waals surface area contributed by atoms with Gasteiger partial charge in [0.15, 0.2) is 0 Å². The van der Waals surface area contributed by atoms with Crippen molar-refractivity contribution in [3.63, 3.8) is 0 Å². The van der Waals surface area contributed by atoms with Gasteiger partial charge in [0.05, 0.1) is 50.9 Å². The monoisotopic (exact) mass is 1230 g/mol. The molecule has 6 aliphatic rings. The maximum absolute atomic E-state index is 14.3. The molecule has 4 aromatic rings. The van der Waals surface area contributed by atoms with Crippen LogP contribution >= 0.6 is 0 Å². The Hall–Kier alpha value is -6.28. The second-order valence-electron chi connectivity index (χ2n) is 27.0. The molecule has 4 amide bonds. The zero-order valence-corrected chi connectivity index (χ0v) is 53.2. The second-order valence-corrected chi connectivity index (χ2v) is 27.0. The van der Waals surface area contributed by atoms with Crippen LogP contribution in [0.1, 0.15) is 89.0 Å². The van der Waals surface area contributed by atoms with Crippen molar-refractivity contribution in [2.45, 2.75) is 115 Å². The third kappa shape index (κ3) is 16.1. The van der Waals surface area contributed by atoms with E-state index in [0.717, 1.165) is 48.7 Å². The van der Waals surface area contributed by atoms with Gasteiger partial charge in [-0.25, -0.2) is 8.78 Å². The van der Waals surface area contributed by atoms with Crippen molar-refractivity contribution in [3.8, 4) is 0 Å². The van der Waals surface area contributed by atoms with Gasteiger partial charge in [-0.05, 0) is 75.2 Å². The molecule has 4 saturated heterocycles. The van der Waals surface area contributed by atoms with E-state index in [1.807, 2.05) is 59.4 Å². The molecule has 0 aliphatic carbocycles. The number of nitrogens with zero attached hydrogens (tertiary/aromatic N) is 8. The van der Waals surface area contributed by atoms with E-state index in [1.54, 1.807) is 24.3 Å². The van der Waals surface area contributed by atoms with Gasteiger partial charge in [-0.3, -0.25) is 48.4 Å². The summed E-state index contributed by atoms with van der Waals surface area (Å²) < 4.78 is 44.5. The maximum atomic E-state index is 14.3. The van der Waals surface area contributed by atoms with Crippen LogP contribution in [0.5, 0.6) is 0 Å². The molecule has 0 radical (unpaired) electrons. The van der Waals surface area contributed by atoms with Crippen LogP contribution in [0.25, 0.3) is 0 Å². The van der Waals surface area contributed by atoms with Gasteiger partial charge in [0.25, 0.3) is 11.1 Å².